The molecule has 1 atom stereocenters. The van der Waals surface area contributed by atoms with Crippen molar-refractivity contribution in [1.29, 1.82) is 0 Å². The molecule has 1 fully saturated rings. The minimum absolute atomic E-state index is 0.0190. The summed E-state index contributed by atoms with van der Waals surface area (Å²) < 4.78 is 0. The van der Waals surface area contributed by atoms with Gasteiger partial charge in [0, 0.05) is 5.69 Å². The molecular weight excluding hydrogens is 348 g/mol. The van der Waals surface area contributed by atoms with Gasteiger partial charge in [-0.2, -0.15) is 0 Å². The Balaban J connectivity index is 1.46. The number of aliphatic hydroxyl groups is 1. The average molecular weight is 381 g/mol. The summed E-state index contributed by atoms with van der Waals surface area (Å²) in [7, 11) is 0. The fourth-order valence-corrected chi connectivity index (χ4v) is 3.81. The van der Waals surface area contributed by atoms with Gasteiger partial charge >= 0.3 is 0 Å². The molecule has 0 aromatic heterocycles. The molecule has 0 spiro atoms. The molecule has 0 aliphatic carbocycles. The van der Waals surface area contributed by atoms with Crippen LogP contribution in [0, 0.1) is 5.92 Å². The molecule has 4 heteroatoms. The van der Waals surface area contributed by atoms with Gasteiger partial charge in [-0.15, -0.1) is 0 Å². The van der Waals surface area contributed by atoms with Crippen molar-refractivity contribution in [2.24, 2.45) is 5.92 Å². The van der Waals surface area contributed by atoms with Crippen LogP contribution in [0.2, 0.25) is 0 Å². The molecule has 28 heavy (non-hydrogen) atoms. The third-order valence-electron chi connectivity index (χ3n) is 5.62. The molecule has 2 aromatic rings. The van der Waals surface area contributed by atoms with Crippen LogP contribution in [0.25, 0.3) is 0 Å². The lowest BCUT2D eigenvalue weighted by Crippen LogP contribution is -2.40. The maximum absolute atomic E-state index is 12.4. The highest BCUT2D eigenvalue weighted by atomic mass is 16.3. The van der Waals surface area contributed by atoms with Crippen molar-refractivity contribution in [3.05, 3.63) is 65.7 Å². The molecule has 150 valence electrons. The van der Waals surface area contributed by atoms with Crippen LogP contribution >= 0.6 is 0 Å². The first-order valence-corrected chi connectivity index (χ1v) is 10.2. The summed E-state index contributed by atoms with van der Waals surface area (Å²) >= 11 is 0. The summed E-state index contributed by atoms with van der Waals surface area (Å²) in [5.41, 5.74) is 3.19. The number of benzene rings is 2. The van der Waals surface area contributed by atoms with Crippen molar-refractivity contribution in [2.75, 3.05) is 25.0 Å². The Hall–Kier alpha value is -2.17. The lowest BCUT2D eigenvalue weighted by molar-refractivity contribution is -0.117. The highest BCUT2D eigenvalue weighted by Crippen LogP contribution is 2.30. The summed E-state index contributed by atoms with van der Waals surface area (Å²) in [6.45, 7) is 8.61. The van der Waals surface area contributed by atoms with Gasteiger partial charge in [0.2, 0.25) is 5.91 Å². The Morgan fingerprint density at radius 2 is 1.68 bits per heavy atom. The van der Waals surface area contributed by atoms with Crippen molar-refractivity contribution in [3.8, 4) is 0 Å². The fraction of sp³-hybridized carbons (Fsp3) is 0.458. The second kappa shape index (κ2) is 8.89. The standard InChI is InChI=1S/C24H32N2O2/c1-24(2,3)20-9-11-21(12-10-20)25-22(27)17-26-15-13-19(14-16-26)23(28)18-7-5-4-6-8-18/h4-12,19,23,28H,13-17H2,1-3H3,(H,25,27). The molecule has 1 unspecified atom stereocenters. The summed E-state index contributed by atoms with van der Waals surface area (Å²) in [5.74, 6) is 0.275. The van der Waals surface area contributed by atoms with Gasteiger partial charge < -0.3 is 10.4 Å². The van der Waals surface area contributed by atoms with Crippen molar-refractivity contribution in [3.63, 3.8) is 0 Å². The molecule has 1 saturated heterocycles. The van der Waals surface area contributed by atoms with Crippen LogP contribution in [0.5, 0.6) is 0 Å². The number of aliphatic hydroxyl groups excluding tert-OH is 1. The van der Waals surface area contributed by atoms with E-state index in [0.717, 1.165) is 37.2 Å². The molecule has 3 rings (SSSR count). The lowest BCUT2D eigenvalue weighted by Gasteiger charge is -2.34. The number of nitrogens with one attached hydrogen (secondary N) is 1. The van der Waals surface area contributed by atoms with Crippen LogP contribution in [0.4, 0.5) is 5.69 Å². The summed E-state index contributed by atoms with van der Waals surface area (Å²) in [6.07, 6.45) is 1.39. The first-order valence-electron chi connectivity index (χ1n) is 10.2. The first kappa shape index (κ1) is 20.6. The Bertz CT molecular complexity index is 757. The van der Waals surface area contributed by atoms with Gasteiger partial charge in [0.15, 0.2) is 0 Å². The van der Waals surface area contributed by atoms with E-state index in [4.69, 9.17) is 0 Å². The molecule has 4 nitrogen and oxygen atoms in total. The normalized spacial score (nSPS) is 17.3. The number of piperidine rings is 1. The van der Waals surface area contributed by atoms with Gasteiger partial charge in [-0.1, -0.05) is 63.2 Å². The smallest absolute Gasteiger partial charge is 0.238 e. The molecule has 2 aromatic carbocycles. The van der Waals surface area contributed by atoms with E-state index in [1.54, 1.807) is 0 Å². The van der Waals surface area contributed by atoms with Crippen LogP contribution in [-0.4, -0.2) is 35.5 Å². The van der Waals surface area contributed by atoms with Crippen LogP contribution in [0.15, 0.2) is 54.6 Å². The second-order valence-corrected chi connectivity index (χ2v) is 8.84. The Labute approximate surface area is 168 Å². The van der Waals surface area contributed by atoms with Gasteiger partial charge in [-0.3, -0.25) is 9.69 Å². The van der Waals surface area contributed by atoms with Gasteiger partial charge in [-0.05, 0) is 60.5 Å². The third-order valence-corrected chi connectivity index (χ3v) is 5.62. The Morgan fingerprint density at radius 1 is 1.07 bits per heavy atom. The molecule has 0 radical (unpaired) electrons. The first-order chi connectivity index (χ1) is 13.3. The fourth-order valence-electron chi connectivity index (χ4n) is 3.81. The van der Waals surface area contributed by atoms with Crippen molar-refractivity contribution < 1.29 is 9.90 Å². The molecule has 1 aliphatic heterocycles. The van der Waals surface area contributed by atoms with Gasteiger partial charge in [0.1, 0.15) is 0 Å². The monoisotopic (exact) mass is 380 g/mol. The lowest BCUT2D eigenvalue weighted by atomic mass is 9.87. The quantitative estimate of drug-likeness (QED) is 0.810. The zero-order valence-corrected chi connectivity index (χ0v) is 17.2. The maximum Gasteiger partial charge on any atom is 0.238 e. The van der Waals surface area contributed by atoms with E-state index in [9.17, 15) is 9.90 Å². The number of nitrogens with zero attached hydrogens (tertiary/aromatic N) is 1. The second-order valence-electron chi connectivity index (χ2n) is 8.84. The number of carbonyl (C=O) groups is 1. The summed E-state index contributed by atoms with van der Waals surface area (Å²) in [5, 5.41) is 13.6. The van der Waals surface area contributed by atoms with E-state index in [2.05, 4.69) is 43.1 Å². The molecule has 0 bridgehead atoms. The van der Waals surface area contributed by atoms with E-state index >= 15 is 0 Å². The van der Waals surface area contributed by atoms with Gasteiger partial charge in [-0.25, -0.2) is 0 Å². The molecule has 0 saturated carbocycles. The van der Waals surface area contributed by atoms with E-state index in [-0.39, 0.29) is 17.2 Å². The van der Waals surface area contributed by atoms with E-state index in [0.29, 0.717) is 6.54 Å². The number of hydrogen-bond acceptors (Lipinski definition) is 3. The number of likely N-dealkylation sites (tertiary alicyclic amines) is 1. The van der Waals surface area contributed by atoms with E-state index in [1.165, 1.54) is 5.56 Å². The minimum Gasteiger partial charge on any atom is -0.388 e. The zero-order valence-electron chi connectivity index (χ0n) is 17.2. The summed E-state index contributed by atoms with van der Waals surface area (Å²) in [6, 6.07) is 18.0. The third kappa shape index (κ3) is 5.43. The average Bonchev–Trinajstić information content (AvgIpc) is 2.68. The van der Waals surface area contributed by atoms with E-state index < -0.39 is 6.10 Å². The highest BCUT2D eigenvalue weighted by molar-refractivity contribution is 5.92. The SMILES string of the molecule is CC(C)(C)c1ccc(NC(=O)CN2CCC(C(O)c3ccccc3)CC2)cc1. The number of hydrogen-bond donors (Lipinski definition) is 2. The maximum atomic E-state index is 12.4. The number of anilines is 1. The predicted molar refractivity (Wildman–Crippen MR) is 114 cm³/mol. The molecular formula is C24H32N2O2. The minimum atomic E-state index is -0.418. The van der Waals surface area contributed by atoms with Crippen molar-refractivity contribution >= 4 is 11.6 Å². The highest BCUT2D eigenvalue weighted by Gasteiger charge is 2.27. The predicted octanol–water partition coefficient (Wildman–Crippen LogP) is 4.37. The van der Waals surface area contributed by atoms with Gasteiger partial charge in [0.25, 0.3) is 0 Å². The van der Waals surface area contributed by atoms with Crippen molar-refractivity contribution in [2.45, 2.75) is 45.1 Å². The molecule has 1 heterocycles. The molecule has 1 amide bonds. The molecule has 1 aliphatic rings. The largest absolute Gasteiger partial charge is 0.388 e. The topological polar surface area (TPSA) is 52.6 Å². The van der Waals surface area contributed by atoms with Crippen molar-refractivity contribution in [1.82, 2.24) is 4.90 Å². The van der Waals surface area contributed by atoms with Crippen LogP contribution < -0.4 is 5.32 Å². The zero-order chi connectivity index (χ0) is 20.1. The Morgan fingerprint density at radius 3 is 2.25 bits per heavy atom. The van der Waals surface area contributed by atoms with Crippen LogP contribution in [-0.2, 0) is 10.2 Å². The molecule has 2 N–H and O–H groups in total. The van der Waals surface area contributed by atoms with E-state index in [1.807, 2.05) is 42.5 Å². The summed E-state index contributed by atoms with van der Waals surface area (Å²) in [4.78, 5) is 14.6. The van der Waals surface area contributed by atoms with Gasteiger partial charge in [0.05, 0.1) is 12.6 Å². The van der Waals surface area contributed by atoms with Crippen LogP contribution in [0.1, 0.15) is 50.8 Å². The Kier molecular flexibility index (Phi) is 6.53. The van der Waals surface area contributed by atoms with Crippen LogP contribution in [0.3, 0.4) is 0 Å². The number of rotatable bonds is 5. The number of amides is 1. The number of carbonyl (C=O) groups excluding carboxylic acids is 1.